The number of hydrogen-bond acceptors (Lipinski definition) is 3. The van der Waals surface area contributed by atoms with E-state index in [9.17, 15) is 17.6 Å². The van der Waals surface area contributed by atoms with Crippen LogP contribution in [0.3, 0.4) is 0 Å². The number of sulfonamides is 1. The number of carbonyl (C=O) groups is 1. The van der Waals surface area contributed by atoms with Crippen LogP contribution < -0.4 is 10.0 Å². The van der Waals surface area contributed by atoms with Crippen LogP contribution in [0.1, 0.15) is 10.4 Å². The van der Waals surface area contributed by atoms with Crippen molar-refractivity contribution in [2.75, 3.05) is 12.4 Å². The highest BCUT2D eigenvalue weighted by atomic mass is 35.5. The SMILES string of the molecule is CNS(=O)(=O)c1ccc(NC(=O)c2ccc(Cl)cc2)c(F)c1. The van der Waals surface area contributed by atoms with Crippen molar-refractivity contribution in [2.24, 2.45) is 0 Å². The summed E-state index contributed by atoms with van der Waals surface area (Å²) >= 11 is 5.72. The maximum absolute atomic E-state index is 13.9. The predicted octanol–water partition coefficient (Wildman–Crippen LogP) is 2.64. The van der Waals surface area contributed by atoms with E-state index in [0.29, 0.717) is 10.6 Å². The Hall–Kier alpha value is -1.96. The molecule has 0 spiro atoms. The van der Waals surface area contributed by atoms with Gasteiger partial charge in [0.05, 0.1) is 10.6 Å². The van der Waals surface area contributed by atoms with Crippen molar-refractivity contribution in [3.05, 3.63) is 58.9 Å². The number of anilines is 1. The van der Waals surface area contributed by atoms with Gasteiger partial charge in [-0.1, -0.05) is 11.6 Å². The summed E-state index contributed by atoms with van der Waals surface area (Å²) in [5, 5.41) is 2.85. The van der Waals surface area contributed by atoms with Crippen molar-refractivity contribution in [1.82, 2.24) is 4.72 Å². The zero-order valence-electron chi connectivity index (χ0n) is 11.4. The summed E-state index contributed by atoms with van der Waals surface area (Å²) in [7, 11) is -2.51. The van der Waals surface area contributed by atoms with Crippen LogP contribution in [0.25, 0.3) is 0 Å². The van der Waals surface area contributed by atoms with Crippen molar-refractivity contribution >= 4 is 33.2 Å². The molecule has 0 aliphatic carbocycles. The third-order valence-corrected chi connectivity index (χ3v) is 4.54. The second-order valence-corrected chi connectivity index (χ2v) is 6.63. The Labute approximate surface area is 132 Å². The molecule has 22 heavy (non-hydrogen) atoms. The molecule has 0 saturated heterocycles. The van der Waals surface area contributed by atoms with Crippen LogP contribution in [0.4, 0.5) is 10.1 Å². The summed E-state index contributed by atoms with van der Waals surface area (Å²) in [5.41, 5.74) is 0.186. The summed E-state index contributed by atoms with van der Waals surface area (Å²) < 4.78 is 39.1. The summed E-state index contributed by atoms with van der Waals surface area (Å²) in [6, 6.07) is 9.29. The molecule has 116 valence electrons. The fraction of sp³-hybridized carbons (Fsp3) is 0.0714. The molecule has 0 bridgehead atoms. The summed E-state index contributed by atoms with van der Waals surface area (Å²) in [5.74, 6) is -1.38. The van der Waals surface area contributed by atoms with Gasteiger partial charge < -0.3 is 5.32 Å². The van der Waals surface area contributed by atoms with Crippen LogP contribution in [0, 0.1) is 5.82 Å². The van der Waals surface area contributed by atoms with Crippen LogP contribution in [-0.4, -0.2) is 21.4 Å². The van der Waals surface area contributed by atoms with E-state index in [4.69, 9.17) is 11.6 Å². The first-order chi connectivity index (χ1) is 10.3. The number of nitrogens with one attached hydrogen (secondary N) is 2. The monoisotopic (exact) mass is 342 g/mol. The number of benzene rings is 2. The Morgan fingerprint density at radius 1 is 1.14 bits per heavy atom. The second kappa shape index (κ2) is 6.43. The molecule has 0 unspecified atom stereocenters. The molecule has 8 heteroatoms. The lowest BCUT2D eigenvalue weighted by Gasteiger charge is -2.08. The lowest BCUT2D eigenvalue weighted by molar-refractivity contribution is 0.102. The van der Waals surface area contributed by atoms with Gasteiger partial charge >= 0.3 is 0 Å². The van der Waals surface area contributed by atoms with Crippen LogP contribution in [0.15, 0.2) is 47.4 Å². The number of halogens is 2. The quantitative estimate of drug-likeness (QED) is 0.897. The molecular formula is C14H12ClFN2O3S. The minimum absolute atomic E-state index is 0.116. The van der Waals surface area contributed by atoms with Gasteiger partial charge in [-0.2, -0.15) is 0 Å². The maximum atomic E-state index is 13.9. The van der Waals surface area contributed by atoms with Gasteiger partial charge in [0, 0.05) is 10.6 Å². The minimum atomic E-state index is -3.74. The summed E-state index contributed by atoms with van der Waals surface area (Å²) in [6.07, 6.45) is 0. The Kier molecular flexibility index (Phi) is 4.80. The summed E-state index contributed by atoms with van der Waals surface area (Å²) in [4.78, 5) is 11.7. The Bertz CT molecular complexity index is 807. The maximum Gasteiger partial charge on any atom is 0.255 e. The first-order valence-electron chi connectivity index (χ1n) is 6.13. The Morgan fingerprint density at radius 2 is 1.77 bits per heavy atom. The molecule has 0 saturated carbocycles. The molecule has 2 N–H and O–H groups in total. The van der Waals surface area contributed by atoms with E-state index < -0.39 is 21.7 Å². The van der Waals surface area contributed by atoms with E-state index in [1.54, 1.807) is 0 Å². The first kappa shape index (κ1) is 16.4. The van der Waals surface area contributed by atoms with Crippen molar-refractivity contribution in [3.63, 3.8) is 0 Å². The van der Waals surface area contributed by atoms with Gasteiger partial charge in [0.25, 0.3) is 5.91 Å². The average Bonchev–Trinajstić information content (AvgIpc) is 2.49. The molecular weight excluding hydrogens is 331 g/mol. The van der Waals surface area contributed by atoms with E-state index >= 15 is 0 Å². The number of amides is 1. The molecule has 2 aromatic rings. The molecule has 0 fully saturated rings. The molecule has 0 aliphatic heterocycles. The number of hydrogen-bond donors (Lipinski definition) is 2. The highest BCUT2D eigenvalue weighted by molar-refractivity contribution is 7.89. The Balaban J connectivity index is 2.24. The minimum Gasteiger partial charge on any atom is -0.319 e. The summed E-state index contributed by atoms with van der Waals surface area (Å²) in [6.45, 7) is 0. The zero-order chi connectivity index (χ0) is 16.3. The standard InChI is InChI=1S/C14H12ClFN2O3S/c1-17-22(20,21)11-6-7-13(12(16)8-11)18-14(19)9-2-4-10(15)5-3-9/h2-8,17H,1H3,(H,18,19). The molecule has 0 aliphatic rings. The molecule has 2 rings (SSSR count). The zero-order valence-corrected chi connectivity index (χ0v) is 13.0. The third-order valence-electron chi connectivity index (χ3n) is 2.87. The van der Waals surface area contributed by atoms with E-state index in [2.05, 4.69) is 10.0 Å². The van der Waals surface area contributed by atoms with Crippen LogP contribution in [0.5, 0.6) is 0 Å². The number of rotatable bonds is 4. The Morgan fingerprint density at radius 3 is 2.32 bits per heavy atom. The third kappa shape index (κ3) is 3.62. The number of carbonyl (C=O) groups excluding carboxylic acids is 1. The lowest BCUT2D eigenvalue weighted by atomic mass is 10.2. The van der Waals surface area contributed by atoms with Gasteiger partial charge in [-0.15, -0.1) is 0 Å². The molecule has 2 aromatic carbocycles. The van der Waals surface area contributed by atoms with Crippen molar-refractivity contribution < 1.29 is 17.6 Å². The van der Waals surface area contributed by atoms with Crippen LogP contribution >= 0.6 is 11.6 Å². The van der Waals surface area contributed by atoms with Gasteiger partial charge in [-0.25, -0.2) is 17.5 Å². The van der Waals surface area contributed by atoms with E-state index in [1.165, 1.54) is 43.4 Å². The fourth-order valence-electron chi connectivity index (χ4n) is 1.68. The van der Waals surface area contributed by atoms with Gasteiger partial charge in [0.2, 0.25) is 10.0 Å². The van der Waals surface area contributed by atoms with Gasteiger partial charge in [-0.3, -0.25) is 4.79 Å². The highest BCUT2D eigenvalue weighted by Crippen LogP contribution is 2.20. The van der Waals surface area contributed by atoms with Crippen molar-refractivity contribution in [1.29, 1.82) is 0 Å². The molecule has 0 heterocycles. The fourth-order valence-corrected chi connectivity index (χ4v) is 2.55. The second-order valence-electron chi connectivity index (χ2n) is 4.31. The van der Waals surface area contributed by atoms with E-state index in [1.807, 2.05) is 0 Å². The lowest BCUT2D eigenvalue weighted by Crippen LogP contribution is -2.19. The van der Waals surface area contributed by atoms with Gasteiger partial charge in [0.1, 0.15) is 5.82 Å². The largest absolute Gasteiger partial charge is 0.319 e. The molecule has 0 radical (unpaired) electrons. The van der Waals surface area contributed by atoms with Gasteiger partial charge in [0.15, 0.2) is 0 Å². The van der Waals surface area contributed by atoms with Gasteiger partial charge in [-0.05, 0) is 49.5 Å². The van der Waals surface area contributed by atoms with Crippen LogP contribution in [0.2, 0.25) is 5.02 Å². The predicted molar refractivity (Wildman–Crippen MR) is 82.1 cm³/mol. The topological polar surface area (TPSA) is 75.3 Å². The van der Waals surface area contributed by atoms with Crippen molar-refractivity contribution in [2.45, 2.75) is 4.90 Å². The van der Waals surface area contributed by atoms with E-state index in [-0.39, 0.29) is 10.6 Å². The molecule has 0 atom stereocenters. The molecule has 5 nitrogen and oxygen atoms in total. The highest BCUT2D eigenvalue weighted by Gasteiger charge is 2.15. The molecule has 1 amide bonds. The van der Waals surface area contributed by atoms with Crippen molar-refractivity contribution in [3.8, 4) is 0 Å². The average molecular weight is 343 g/mol. The van der Waals surface area contributed by atoms with E-state index in [0.717, 1.165) is 6.07 Å². The first-order valence-corrected chi connectivity index (χ1v) is 7.99. The van der Waals surface area contributed by atoms with Crippen LogP contribution in [-0.2, 0) is 10.0 Å². The molecule has 0 aromatic heterocycles. The normalized spacial score (nSPS) is 11.2. The smallest absolute Gasteiger partial charge is 0.255 e.